The Morgan fingerprint density at radius 2 is 1.59 bits per heavy atom. The molecule has 3 aromatic rings. The van der Waals surface area contributed by atoms with Crippen molar-refractivity contribution in [1.29, 1.82) is 0 Å². The lowest BCUT2D eigenvalue weighted by Crippen LogP contribution is -2.51. The van der Waals surface area contributed by atoms with Gasteiger partial charge in [-0.2, -0.15) is 0 Å². The molecule has 1 N–H and O–H groups in total. The van der Waals surface area contributed by atoms with Crippen LogP contribution in [0.4, 0.5) is 0 Å². The number of nitrogens with zero attached hydrogens (tertiary/aromatic N) is 1. The van der Waals surface area contributed by atoms with E-state index < -0.39 is 6.04 Å². The quantitative estimate of drug-likeness (QED) is 0.341. The number of rotatable bonds is 11. The van der Waals surface area contributed by atoms with Crippen molar-refractivity contribution in [1.82, 2.24) is 10.2 Å². The third kappa shape index (κ3) is 8.08. The third-order valence-electron chi connectivity index (χ3n) is 5.27. The summed E-state index contributed by atoms with van der Waals surface area (Å²) in [7, 11) is 0. The van der Waals surface area contributed by atoms with Crippen LogP contribution in [0.2, 0.25) is 10.0 Å². The van der Waals surface area contributed by atoms with Gasteiger partial charge in [0.05, 0.1) is 5.75 Å². The molecule has 3 rings (SSSR count). The van der Waals surface area contributed by atoms with E-state index in [2.05, 4.69) is 5.32 Å². The average Bonchev–Trinajstić information content (AvgIpc) is 2.83. The van der Waals surface area contributed by atoms with Crippen molar-refractivity contribution in [2.45, 2.75) is 31.7 Å². The fraction of sp³-hybridized carbons (Fsp3) is 0.259. The number of thioether (sulfide) groups is 1. The van der Waals surface area contributed by atoms with Crippen molar-refractivity contribution >= 4 is 46.8 Å². The summed E-state index contributed by atoms with van der Waals surface area (Å²) in [5.74, 6) is 0.683. The normalized spacial score (nSPS) is 11.6. The molecule has 34 heavy (non-hydrogen) atoms. The van der Waals surface area contributed by atoms with Crippen LogP contribution in [-0.2, 0) is 28.3 Å². The molecule has 178 valence electrons. The van der Waals surface area contributed by atoms with E-state index in [1.165, 1.54) is 11.8 Å². The minimum Gasteiger partial charge on any atom is -0.355 e. The number of likely N-dealkylation sites (N-methyl/N-ethyl adjacent to an activating group) is 1. The second-order valence-electron chi connectivity index (χ2n) is 7.87. The van der Waals surface area contributed by atoms with Crippen LogP contribution in [0, 0.1) is 0 Å². The SMILES string of the molecule is CCNC(=O)[C@@H](Cc1ccccc1)N(Cc1cccc(Cl)c1)C(=O)CSCc1ccc(Cl)cc1. The molecular weight excluding hydrogens is 487 g/mol. The standard InChI is InChI=1S/C27H28Cl2N2O2S/c1-2-30-27(33)25(16-20-7-4-3-5-8-20)31(17-22-9-6-10-24(29)15-22)26(32)19-34-18-21-11-13-23(28)14-12-21/h3-15,25H,2,16-19H2,1H3,(H,30,33)/t25-/m1/s1. The Hall–Kier alpha value is -2.47. The molecule has 0 fully saturated rings. The van der Waals surface area contributed by atoms with Crippen LogP contribution >= 0.6 is 35.0 Å². The van der Waals surface area contributed by atoms with E-state index in [0.29, 0.717) is 35.3 Å². The number of hydrogen-bond donors (Lipinski definition) is 1. The molecule has 0 saturated carbocycles. The van der Waals surface area contributed by atoms with Gasteiger partial charge in [-0.25, -0.2) is 0 Å². The lowest BCUT2D eigenvalue weighted by Gasteiger charge is -2.31. The predicted octanol–water partition coefficient (Wildman–Crippen LogP) is 6.00. The molecular formula is C27H28Cl2N2O2S. The smallest absolute Gasteiger partial charge is 0.243 e. The van der Waals surface area contributed by atoms with Gasteiger partial charge in [-0.1, -0.05) is 77.8 Å². The zero-order valence-electron chi connectivity index (χ0n) is 19.0. The van der Waals surface area contributed by atoms with Gasteiger partial charge in [0, 0.05) is 35.3 Å². The van der Waals surface area contributed by atoms with Crippen LogP contribution in [0.1, 0.15) is 23.6 Å². The first-order valence-corrected chi connectivity index (χ1v) is 13.0. The first kappa shape index (κ1) is 26.1. The minimum atomic E-state index is -0.634. The average molecular weight is 516 g/mol. The molecule has 0 aliphatic rings. The number of nitrogens with one attached hydrogen (secondary N) is 1. The summed E-state index contributed by atoms with van der Waals surface area (Å²) in [5, 5.41) is 4.19. The molecule has 0 radical (unpaired) electrons. The summed E-state index contributed by atoms with van der Waals surface area (Å²) >= 11 is 13.7. The lowest BCUT2D eigenvalue weighted by atomic mass is 10.0. The van der Waals surface area contributed by atoms with Gasteiger partial charge in [0.25, 0.3) is 0 Å². The summed E-state index contributed by atoms with van der Waals surface area (Å²) in [6, 6.07) is 24.1. The maximum absolute atomic E-state index is 13.5. The maximum Gasteiger partial charge on any atom is 0.243 e. The van der Waals surface area contributed by atoms with E-state index >= 15 is 0 Å². The Morgan fingerprint density at radius 3 is 2.26 bits per heavy atom. The van der Waals surface area contributed by atoms with Gasteiger partial charge in [0.2, 0.25) is 11.8 Å². The molecule has 0 spiro atoms. The lowest BCUT2D eigenvalue weighted by molar-refractivity contribution is -0.139. The van der Waals surface area contributed by atoms with Crippen LogP contribution in [-0.4, -0.2) is 35.1 Å². The molecule has 0 unspecified atom stereocenters. The number of amides is 2. The Labute approximate surface area is 215 Å². The van der Waals surface area contributed by atoms with Gasteiger partial charge in [-0.3, -0.25) is 9.59 Å². The van der Waals surface area contributed by atoms with Gasteiger partial charge in [0.1, 0.15) is 6.04 Å². The minimum absolute atomic E-state index is 0.0916. The van der Waals surface area contributed by atoms with Crippen molar-refractivity contribution < 1.29 is 9.59 Å². The van der Waals surface area contributed by atoms with Crippen LogP contribution in [0.5, 0.6) is 0 Å². The van der Waals surface area contributed by atoms with Crippen molar-refractivity contribution in [3.8, 4) is 0 Å². The molecule has 0 aromatic heterocycles. The van der Waals surface area contributed by atoms with Crippen LogP contribution in [0.25, 0.3) is 0 Å². The van der Waals surface area contributed by atoms with Gasteiger partial charge < -0.3 is 10.2 Å². The van der Waals surface area contributed by atoms with E-state index in [-0.39, 0.29) is 17.6 Å². The summed E-state index contributed by atoms with van der Waals surface area (Å²) in [4.78, 5) is 28.3. The molecule has 7 heteroatoms. The Bertz CT molecular complexity index is 1080. The second kappa shape index (κ2) is 13.4. The number of hydrogen-bond acceptors (Lipinski definition) is 3. The van der Waals surface area contributed by atoms with Crippen molar-refractivity contribution in [3.05, 3.63) is 106 Å². The summed E-state index contributed by atoms with van der Waals surface area (Å²) < 4.78 is 0. The molecule has 3 aromatic carbocycles. The second-order valence-corrected chi connectivity index (χ2v) is 9.73. The molecule has 0 bridgehead atoms. The first-order valence-electron chi connectivity index (χ1n) is 11.1. The van der Waals surface area contributed by atoms with E-state index in [1.54, 1.807) is 11.0 Å². The zero-order valence-corrected chi connectivity index (χ0v) is 21.4. The summed E-state index contributed by atoms with van der Waals surface area (Å²) in [5.41, 5.74) is 2.97. The number of carbonyl (C=O) groups is 2. The fourth-order valence-corrected chi connectivity index (χ4v) is 4.81. The summed E-state index contributed by atoms with van der Waals surface area (Å²) in [6.45, 7) is 2.67. The highest BCUT2D eigenvalue weighted by atomic mass is 35.5. The number of halogens is 2. The van der Waals surface area contributed by atoms with Crippen LogP contribution in [0.15, 0.2) is 78.9 Å². The first-order chi connectivity index (χ1) is 16.5. The Balaban J connectivity index is 1.81. The molecule has 0 aliphatic heterocycles. The van der Waals surface area contributed by atoms with E-state index in [1.807, 2.05) is 79.7 Å². The molecule has 4 nitrogen and oxygen atoms in total. The van der Waals surface area contributed by atoms with E-state index in [9.17, 15) is 9.59 Å². The van der Waals surface area contributed by atoms with Crippen LogP contribution in [0.3, 0.4) is 0 Å². The topological polar surface area (TPSA) is 49.4 Å². The van der Waals surface area contributed by atoms with E-state index in [0.717, 1.165) is 16.7 Å². The third-order valence-corrected chi connectivity index (χ3v) is 6.75. The number of carbonyl (C=O) groups excluding carboxylic acids is 2. The molecule has 0 saturated heterocycles. The van der Waals surface area contributed by atoms with Crippen molar-refractivity contribution in [2.75, 3.05) is 12.3 Å². The number of benzene rings is 3. The largest absolute Gasteiger partial charge is 0.355 e. The predicted molar refractivity (Wildman–Crippen MR) is 142 cm³/mol. The monoisotopic (exact) mass is 514 g/mol. The van der Waals surface area contributed by atoms with Gasteiger partial charge >= 0.3 is 0 Å². The fourth-order valence-electron chi connectivity index (χ4n) is 3.60. The van der Waals surface area contributed by atoms with Crippen molar-refractivity contribution in [3.63, 3.8) is 0 Å². The van der Waals surface area contributed by atoms with Crippen LogP contribution < -0.4 is 5.32 Å². The molecule has 2 amide bonds. The van der Waals surface area contributed by atoms with E-state index in [4.69, 9.17) is 23.2 Å². The van der Waals surface area contributed by atoms with Gasteiger partial charge in [-0.15, -0.1) is 11.8 Å². The zero-order chi connectivity index (χ0) is 24.3. The summed E-state index contributed by atoms with van der Waals surface area (Å²) in [6.07, 6.45) is 0.431. The highest BCUT2D eigenvalue weighted by Crippen LogP contribution is 2.20. The highest BCUT2D eigenvalue weighted by Gasteiger charge is 2.30. The van der Waals surface area contributed by atoms with Crippen molar-refractivity contribution in [2.24, 2.45) is 0 Å². The maximum atomic E-state index is 13.5. The van der Waals surface area contributed by atoms with Gasteiger partial charge in [-0.05, 0) is 47.9 Å². The Morgan fingerprint density at radius 1 is 0.882 bits per heavy atom. The molecule has 0 heterocycles. The Kier molecular flexibility index (Phi) is 10.3. The molecule has 0 aliphatic carbocycles. The highest BCUT2D eigenvalue weighted by molar-refractivity contribution is 7.99. The molecule has 1 atom stereocenters. The van der Waals surface area contributed by atoms with Gasteiger partial charge in [0.15, 0.2) is 0 Å².